The molecular formula is C17H23NO2. The first-order valence-electron chi connectivity index (χ1n) is 6.98. The predicted molar refractivity (Wildman–Crippen MR) is 80.6 cm³/mol. The van der Waals surface area contributed by atoms with E-state index >= 15 is 0 Å². The van der Waals surface area contributed by atoms with Crippen LogP contribution in [0.25, 0.3) is 0 Å². The number of aliphatic hydroxyl groups is 1. The minimum absolute atomic E-state index is 0.179. The minimum Gasteiger partial charge on any atom is -0.463 e. The Morgan fingerprint density at radius 3 is 2.50 bits per heavy atom. The SMILES string of the molecule is Cc1ccc(C(C)(O)CNC(C)c2ccccc2C)o1. The van der Waals surface area contributed by atoms with Gasteiger partial charge < -0.3 is 14.8 Å². The van der Waals surface area contributed by atoms with Gasteiger partial charge in [0.2, 0.25) is 0 Å². The highest BCUT2D eigenvalue weighted by Crippen LogP contribution is 2.24. The van der Waals surface area contributed by atoms with Crippen molar-refractivity contribution in [1.29, 1.82) is 0 Å². The number of aryl methyl sites for hydroxylation is 2. The summed E-state index contributed by atoms with van der Waals surface area (Å²) in [5.41, 5.74) is 1.49. The van der Waals surface area contributed by atoms with Gasteiger partial charge in [0.05, 0.1) is 0 Å². The van der Waals surface area contributed by atoms with Gasteiger partial charge in [0.25, 0.3) is 0 Å². The molecule has 0 saturated heterocycles. The van der Waals surface area contributed by atoms with Crippen molar-refractivity contribution in [2.75, 3.05) is 6.54 Å². The van der Waals surface area contributed by atoms with E-state index in [1.807, 2.05) is 31.2 Å². The van der Waals surface area contributed by atoms with Crippen molar-refractivity contribution in [2.24, 2.45) is 0 Å². The van der Waals surface area contributed by atoms with E-state index in [4.69, 9.17) is 4.42 Å². The zero-order valence-corrected chi connectivity index (χ0v) is 12.6. The molecule has 2 unspecified atom stereocenters. The fraction of sp³-hybridized carbons (Fsp3) is 0.412. The van der Waals surface area contributed by atoms with Crippen LogP contribution in [0, 0.1) is 13.8 Å². The maximum atomic E-state index is 10.5. The third-order valence-electron chi connectivity index (χ3n) is 3.68. The molecule has 108 valence electrons. The molecule has 3 heteroatoms. The average Bonchev–Trinajstić information content (AvgIpc) is 2.84. The van der Waals surface area contributed by atoms with Crippen LogP contribution in [0.2, 0.25) is 0 Å². The minimum atomic E-state index is -1.01. The quantitative estimate of drug-likeness (QED) is 0.877. The zero-order chi connectivity index (χ0) is 14.8. The Hall–Kier alpha value is -1.58. The Kier molecular flexibility index (Phi) is 4.31. The summed E-state index contributed by atoms with van der Waals surface area (Å²) in [7, 11) is 0. The summed E-state index contributed by atoms with van der Waals surface area (Å²) in [6.45, 7) is 8.29. The first-order chi connectivity index (χ1) is 9.40. The number of benzene rings is 1. The van der Waals surface area contributed by atoms with Crippen molar-refractivity contribution >= 4 is 0 Å². The molecule has 1 heterocycles. The van der Waals surface area contributed by atoms with Crippen LogP contribution in [0.1, 0.15) is 42.5 Å². The van der Waals surface area contributed by atoms with E-state index in [1.165, 1.54) is 11.1 Å². The second-order valence-corrected chi connectivity index (χ2v) is 5.64. The van der Waals surface area contributed by atoms with E-state index in [9.17, 15) is 5.11 Å². The van der Waals surface area contributed by atoms with E-state index < -0.39 is 5.60 Å². The second-order valence-electron chi connectivity index (χ2n) is 5.64. The molecule has 2 aromatic rings. The Balaban J connectivity index is 2.03. The highest BCUT2D eigenvalue weighted by atomic mass is 16.4. The summed E-state index contributed by atoms with van der Waals surface area (Å²) >= 11 is 0. The number of nitrogens with one attached hydrogen (secondary N) is 1. The molecule has 0 aliphatic rings. The summed E-state index contributed by atoms with van der Waals surface area (Å²) in [5, 5.41) is 13.9. The molecule has 0 radical (unpaired) electrons. The molecule has 0 aliphatic carbocycles. The standard InChI is InChI=1S/C17H23NO2/c1-12-7-5-6-8-15(12)14(3)18-11-17(4,19)16-10-9-13(2)20-16/h5-10,14,18-19H,11H2,1-4H3. The van der Waals surface area contributed by atoms with Gasteiger partial charge in [0.15, 0.2) is 0 Å². The van der Waals surface area contributed by atoms with Crippen molar-refractivity contribution in [3.63, 3.8) is 0 Å². The van der Waals surface area contributed by atoms with Gasteiger partial charge >= 0.3 is 0 Å². The Labute approximate surface area is 120 Å². The molecule has 1 aromatic heterocycles. The Morgan fingerprint density at radius 2 is 1.90 bits per heavy atom. The summed E-state index contributed by atoms with van der Waals surface area (Å²) in [6, 6.07) is 12.2. The Bertz CT molecular complexity index is 572. The molecule has 0 bridgehead atoms. The molecule has 0 aliphatic heterocycles. The predicted octanol–water partition coefficient (Wildman–Crippen LogP) is 3.45. The fourth-order valence-corrected chi connectivity index (χ4v) is 2.35. The molecule has 0 saturated carbocycles. The van der Waals surface area contributed by atoms with Crippen LogP contribution in [0.3, 0.4) is 0 Å². The van der Waals surface area contributed by atoms with Gasteiger partial charge in [-0.05, 0) is 51.0 Å². The third-order valence-corrected chi connectivity index (χ3v) is 3.68. The van der Waals surface area contributed by atoms with E-state index in [-0.39, 0.29) is 6.04 Å². The summed E-state index contributed by atoms with van der Waals surface area (Å²) in [5.74, 6) is 1.41. The maximum absolute atomic E-state index is 10.5. The maximum Gasteiger partial charge on any atom is 0.136 e. The smallest absolute Gasteiger partial charge is 0.136 e. The molecule has 0 spiro atoms. The van der Waals surface area contributed by atoms with Gasteiger partial charge in [-0.3, -0.25) is 0 Å². The molecule has 0 fully saturated rings. The van der Waals surface area contributed by atoms with Crippen molar-refractivity contribution in [3.05, 3.63) is 59.0 Å². The molecule has 20 heavy (non-hydrogen) atoms. The van der Waals surface area contributed by atoms with Crippen LogP contribution >= 0.6 is 0 Å². The van der Waals surface area contributed by atoms with E-state index in [0.29, 0.717) is 12.3 Å². The van der Waals surface area contributed by atoms with Crippen molar-refractivity contribution < 1.29 is 9.52 Å². The Morgan fingerprint density at radius 1 is 1.20 bits per heavy atom. The molecule has 2 rings (SSSR count). The lowest BCUT2D eigenvalue weighted by atomic mass is 10.00. The van der Waals surface area contributed by atoms with Crippen molar-refractivity contribution in [2.45, 2.75) is 39.3 Å². The third kappa shape index (κ3) is 3.30. The topological polar surface area (TPSA) is 45.4 Å². The second kappa shape index (κ2) is 5.81. The normalized spacial score (nSPS) is 15.8. The van der Waals surface area contributed by atoms with E-state index in [0.717, 1.165) is 5.76 Å². The first kappa shape index (κ1) is 14.8. The van der Waals surface area contributed by atoms with Gasteiger partial charge in [0.1, 0.15) is 17.1 Å². The largest absolute Gasteiger partial charge is 0.463 e. The van der Waals surface area contributed by atoms with Crippen molar-refractivity contribution in [1.82, 2.24) is 5.32 Å². The van der Waals surface area contributed by atoms with Crippen LogP contribution in [-0.2, 0) is 5.60 Å². The number of hydrogen-bond donors (Lipinski definition) is 2. The van der Waals surface area contributed by atoms with Crippen LogP contribution in [0.15, 0.2) is 40.8 Å². The molecule has 0 amide bonds. The lowest BCUT2D eigenvalue weighted by Crippen LogP contribution is -2.36. The lowest BCUT2D eigenvalue weighted by molar-refractivity contribution is 0.0312. The van der Waals surface area contributed by atoms with Gasteiger partial charge in [-0.1, -0.05) is 24.3 Å². The number of rotatable bonds is 5. The van der Waals surface area contributed by atoms with Gasteiger partial charge in [-0.25, -0.2) is 0 Å². The summed E-state index contributed by atoms with van der Waals surface area (Å²) in [6.07, 6.45) is 0. The molecule has 2 N–H and O–H groups in total. The summed E-state index contributed by atoms with van der Waals surface area (Å²) in [4.78, 5) is 0. The average molecular weight is 273 g/mol. The lowest BCUT2D eigenvalue weighted by Gasteiger charge is -2.25. The van der Waals surface area contributed by atoms with Crippen molar-refractivity contribution in [3.8, 4) is 0 Å². The summed E-state index contributed by atoms with van der Waals surface area (Å²) < 4.78 is 5.52. The monoisotopic (exact) mass is 273 g/mol. The van der Waals surface area contributed by atoms with E-state index in [1.54, 1.807) is 6.92 Å². The number of hydrogen-bond acceptors (Lipinski definition) is 3. The highest BCUT2D eigenvalue weighted by molar-refractivity contribution is 5.28. The molecule has 2 atom stereocenters. The van der Waals surface area contributed by atoms with Crippen LogP contribution in [0.4, 0.5) is 0 Å². The van der Waals surface area contributed by atoms with Gasteiger partial charge in [0, 0.05) is 12.6 Å². The highest BCUT2D eigenvalue weighted by Gasteiger charge is 2.27. The molecule has 3 nitrogen and oxygen atoms in total. The van der Waals surface area contributed by atoms with Crippen LogP contribution in [-0.4, -0.2) is 11.7 Å². The van der Waals surface area contributed by atoms with Crippen LogP contribution < -0.4 is 5.32 Å². The first-order valence-corrected chi connectivity index (χ1v) is 6.98. The molecule has 1 aromatic carbocycles. The van der Waals surface area contributed by atoms with E-state index in [2.05, 4.69) is 31.3 Å². The van der Waals surface area contributed by atoms with Gasteiger partial charge in [-0.2, -0.15) is 0 Å². The fourth-order valence-electron chi connectivity index (χ4n) is 2.35. The van der Waals surface area contributed by atoms with Gasteiger partial charge in [-0.15, -0.1) is 0 Å². The zero-order valence-electron chi connectivity index (χ0n) is 12.6. The van der Waals surface area contributed by atoms with Crippen LogP contribution in [0.5, 0.6) is 0 Å². The number of furan rings is 1. The molecular weight excluding hydrogens is 250 g/mol.